The minimum absolute atomic E-state index is 0.0701. The van der Waals surface area contributed by atoms with Crippen LogP contribution < -0.4 is 11.0 Å². The third kappa shape index (κ3) is 9.32. The monoisotopic (exact) mass is 790 g/mol. The molecule has 0 saturated carbocycles. The molecule has 3 heterocycles. The van der Waals surface area contributed by atoms with Crippen LogP contribution in [0.1, 0.15) is 47.9 Å². The number of quaternary nitrogens is 1. The number of hydrogen-bond donors (Lipinski definition) is 1. The van der Waals surface area contributed by atoms with Crippen molar-refractivity contribution < 1.29 is 39.8 Å². The number of halogens is 3. The van der Waals surface area contributed by atoms with Crippen LogP contribution in [-0.4, -0.2) is 68.5 Å². The number of amides is 1. The molecule has 56 heavy (non-hydrogen) atoms. The number of nitrogens with one attached hydrogen (secondary N) is 1. The fourth-order valence-electron chi connectivity index (χ4n) is 5.75. The summed E-state index contributed by atoms with van der Waals surface area (Å²) in [4.78, 5) is 32.3. The van der Waals surface area contributed by atoms with Crippen LogP contribution in [0, 0.1) is 18.3 Å². The number of benzene rings is 3. The first-order chi connectivity index (χ1) is 26.3. The quantitative estimate of drug-likeness (QED) is 0.132. The van der Waals surface area contributed by atoms with Gasteiger partial charge in [-0.05, 0) is 74.0 Å². The van der Waals surface area contributed by atoms with Gasteiger partial charge in [-0.15, -0.1) is 0 Å². The maximum absolute atomic E-state index is 14.1. The number of aromatic nitrogens is 5. The summed E-state index contributed by atoms with van der Waals surface area (Å²) in [6.45, 7) is 3.91. The van der Waals surface area contributed by atoms with E-state index in [1.54, 1.807) is 49.5 Å². The fourth-order valence-corrected chi connectivity index (χ4v) is 6.24. The van der Waals surface area contributed by atoms with Gasteiger partial charge in [-0.1, -0.05) is 31.2 Å². The highest BCUT2D eigenvalue weighted by Gasteiger charge is 2.33. The lowest BCUT2D eigenvalue weighted by molar-refractivity contribution is -0.884. The number of oxazole rings is 1. The number of nitriles is 1. The third-order valence-electron chi connectivity index (χ3n) is 8.28. The molecule has 1 N–H and O–H groups in total. The van der Waals surface area contributed by atoms with E-state index in [1.165, 1.54) is 47.3 Å². The maximum atomic E-state index is 14.1. The van der Waals surface area contributed by atoms with Gasteiger partial charge in [0.25, 0.3) is 0 Å². The zero-order chi connectivity index (χ0) is 41.0. The van der Waals surface area contributed by atoms with Crippen molar-refractivity contribution in [2.75, 3.05) is 21.1 Å². The number of carbonyl (C=O) groups excluding carboxylic acids is 1. The molecule has 0 aliphatic rings. The summed E-state index contributed by atoms with van der Waals surface area (Å²) in [5.74, 6) is 0.872. The van der Waals surface area contributed by atoms with Crippen molar-refractivity contribution >= 4 is 16.1 Å². The second-order valence-electron chi connectivity index (χ2n) is 13.5. The Morgan fingerprint density at radius 3 is 2.27 bits per heavy atom. The van der Waals surface area contributed by atoms with Crippen LogP contribution in [0.25, 0.3) is 22.8 Å². The number of rotatable bonds is 9. The first kappa shape index (κ1) is 40.9. The predicted octanol–water partition coefficient (Wildman–Crippen LogP) is 6.18. The summed E-state index contributed by atoms with van der Waals surface area (Å²) in [6.07, 6.45) is -1.22. The van der Waals surface area contributed by atoms with Crippen LogP contribution in [0.2, 0.25) is 0 Å². The summed E-state index contributed by atoms with van der Waals surface area (Å²) in [6, 6.07) is 20.1. The van der Waals surface area contributed by atoms with Crippen molar-refractivity contribution in [2.45, 2.75) is 43.9 Å². The van der Waals surface area contributed by atoms with Crippen molar-refractivity contribution in [3.8, 4) is 28.8 Å². The molecule has 1 atom stereocenters. The number of imidazole rings is 1. The van der Waals surface area contributed by atoms with E-state index in [9.17, 15) is 41.0 Å². The van der Waals surface area contributed by atoms with Crippen LogP contribution in [0.15, 0.2) is 111 Å². The third-order valence-corrected chi connectivity index (χ3v) is 9.13. The standard InChI is InChI=1S/C32H31F3N8O3.C6H6O3S/c1-6-26(29-37-18-25(46-29)19-43(3,4)5)39-30(44)41-28(27-14-15-38-42(27)23-12-10-21(17-36)11-13-23)20(2)40(31(41)45)24-9-7-8-22(16-24)32(33,34)35;7-10(8,9)6-4-2-1-3-5-6/h7-16,18,26H,6,19H2,1-5H3;1-5H,(H,7,8,9). The topological polar surface area (TPSA) is 181 Å². The minimum atomic E-state index is -4.65. The summed E-state index contributed by atoms with van der Waals surface area (Å²) in [5, 5.41) is 16.4. The van der Waals surface area contributed by atoms with Gasteiger partial charge in [0.05, 0.1) is 78.4 Å². The average molecular weight is 791 g/mol. The molecule has 14 nitrogen and oxygen atoms in total. The fraction of sp³-hybridized carbons (Fsp3) is 0.237. The van der Waals surface area contributed by atoms with Gasteiger partial charge in [-0.2, -0.15) is 23.5 Å². The Hall–Kier alpha value is -6.29. The van der Waals surface area contributed by atoms with Gasteiger partial charge in [0, 0.05) is 0 Å². The Balaban J connectivity index is 0.000000522. The van der Waals surface area contributed by atoms with Gasteiger partial charge in [0.1, 0.15) is 28.4 Å². The smallest absolute Gasteiger partial charge is 0.416 e. The second-order valence-corrected chi connectivity index (χ2v) is 14.9. The van der Waals surface area contributed by atoms with Crippen molar-refractivity contribution in [2.24, 2.45) is 0 Å². The lowest BCUT2D eigenvalue weighted by Crippen LogP contribution is -2.39. The summed E-state index contributed by atoms with van der Waals surface area (Å²) in [5.41, 5.74) is -0.335. The molecule has 0 spiro atoms. The molecule has 3 aromatic heterocycles. The normalized spacial score (nSPS) is 12.4. The van der Waals surface area contributed by atoms with E-state index in [0.29, 0.717) is 40.2 Å². The van der Waals surface area contributed by atoms with E-state index < -0.39 is 39.6 Å². The molecule has 0 fully saturated rings. The first-order valence-corrected chi connectivity index (χ1v) is 18.4. The van der Waals surface area contributed by atoms with Crippen molar-refractivity contribution in [1.29, 1.82) is 5.26 Å². The minimum Gasteiger partial charge on any atom is -0.744 e. The first-order valence-electron chi connectivity index (χ1n) is 17.0. The SMILES string of the molecule is CCC(NC(=O)n1c(-c2ccnn2-c2ccc(C#N)cc2)c(C)n(-c2cccc(C(F)(F)F)c2)c1=O)c1ncc(C[N+](C)(C)C)o1.O=S(=O)([O-])c1ccccc1. The molecule has 0 aliphatic heterocycles. The Bertz CT molecular complexity index is 2540. The van der Waals surface area contributed by atoms with Crippen LogP contribution >= 0.6 is 0 Å². The molecule has 6 rings (SSSR count). The van der Waals surface area contributed by atoms with E-state index in [0.717, 1.165) is 21.3 Å². The Morgan fingerprint density at radius 2 is 1.70 bits per heavy atom. The lowest BCUT2D eigenvalue weighted by Gasteiger charge is -2.22. The van der Waals surface area contributed by atoms with E-state index in [1.807, 2.05) is 34.1 Å². The predicted molar refractivity (Wildman–Crippen MR) is 197 cm³/mol. The molecule has 0 bridgehead atoms. The molecule has 292 valence electrons. The highest BCUT2D eigenvalue weighted by atomic mass is 32.2. The van der Waals surface area contributed by atoms with Gasteiger partial charge >= 0.3 is 17.9 Å². The van der Waals surface area contributed by atoms with Gasteiger partial charge in [0.2, 0.25) is 5.89 Å². The Morgan fingerprint density at radius 1 is 1.02 bits per heavy atom. The molecule has 1 unspecified atom stereocenters. The summed E-state index contributed by atoms with van der Waals surface area (Å²) < 4.78 is 81.7. The molecule has 18 heteroatoms. The molecule has 0 aliphatic carbocycles. The summed E-state index contributed by atoms with van der Waals surface area (Å²) in [7, 11) is 1.73. The molecular formula is C38H37F3N8O6S. The van der Waals surface area contributed by atoms with Crippen LogP contribution in [-0.2, 0) is 22.8 Å². The van der Waals surface area contributed by atoms with Crippen molar-refractivity contribution in [3.05, 3.63) is 136 Å². The lowest BCUT2D eigenvalue weighted by atomic mass is 10.1. The van der Waals surface area contributed by atoms with Gasteiger partial charge < -0.3 is 18.8 Å². The van der Waals surface area contributed by atoms with Gasteiger partial charge in [0.15, 0.2) is 5.76 Å². The highest BCUT2D eigenvalue weighted by Crippen LogP contribution is 2.32. The van der Waals surface area contributed by atoms with Crippen LogP contribution in [0.3, 0.4) is 0 Å². The molecule has 3 aromatic carbocycles. The van der Waals surface area contributed by atoms with Crippen LogP contribution in [0.4, 0.5) is 18.0 Å². The van der Waals surface area contributed by atoms with E-state index >= 15 is 0 Å². The number of hydrogen-bond acceptors (Lipinski definition) is 9. The number of carbonyl (C=O) groups is 1. The van der Waals surface area contributed by atoms with E-state index in [-0.39, 0.29) is 27.9 Å². The molecular weight excluding hydrogens is 754 g/mol. The zero-order valence-corrected chi connectivity index (χ0v) is 31.7. The van der Waals surface area contributed by atoms with Crippen LogP contribution in [0.5, 0.6) is 0 Å². The molecule has 6 aromatic rings. The molecule has 1 amide bonds. The zero-order valence-electron chi connectivity index (χ0n) is 30.9. The van der Waals surface area contributed by atoms with E-state index in [2.05, 4.69) is 15.4 Å². The molecule has 0 saturated heterocycles. The second kappa shape index (κ2) is 16.2. The van der Waals surface area contributed by atoms with Gasteiger partial charge in [-0.3, -0.25) is 4.57 Å². The van der Waals surface area contributed by atoms with Crippen molar-refractivity contribution in [1.82, 2.24) is 29.2 Å². The Labute approximate surface area is 320 Å². The largest absolute Gasteiger partial charge is 0.744 e. The number of nitrogens with zero attached hydrogens (tertiary/aromatic N) is 7. The number of alkyl halides is 3. The average Bonchev–Trinajstić information content (AvgIpc) is 3.87. The highest BCUT2D eigenvalue weighted by molar-refractivity contribution is 7.85. The Kier molecular flexibility index (Phi) is 11.8. The molecule has 0 radical (unpaired) electrons. The van der Waals surface area contributed by atoms with Gasteiger partial charge in [-0.25, -0.2) is 32.2 Å². The maximum Gasteiger partial charge on any atom is 0.416 e. The van der Waals surface area contributed by atoms with E-state index in [4.69, 9.17) is 4.42 Å². The van der Waals surface area contributed by atoms with Crippen molar-refractivity contribution in [3.63, 3.8) is 0 Å². The summed E-state index contributed by atoms with van der Waals surface area (Å²) >= 11 is 0.